The molecule has 17 nitrogen and oxygen atoms in total. The summed E-state index contributed by atoms with van der Waals surface area (Å²) in [7, 11) is 4.89. The molecule has 2 heterocycles. The average Bonchev–Trinajstić information content (AvgIpc) is 3.80. The third kappa shape index (κ3) is 20.4. The Hall–Kier alpha value is -5.34. The number of aromatic amines is 1. The first kappa shape index (κ1) is 53.3. The van der Waals surface area contributed by atoms with Gasteiger partial charge in [0.25, 0.3) is 5.56 Å². The third-order valence-corrected chi connectivity index (χ3v) is 9.65. The number of aromatic nitrogens is 4. The molecule has 0 amide bonds. The van der Waals surface area contributed by atoms with Crippen LogP contribution in [-0.2, 0) is 78.1 Å². The maximum Gasteiger partial charge on any atom is 0.332 e. The standard InChI is InChI=1S/C35H36N4O6.C14H30O7/c1-43-22-23-44-24-25-45-30(40)17-14-28-12-15-29(16-13-28)32-36-31-33(37-32)38(20-18-26-8-4-2-5-9-26)35(42)39(34(31)41)21-19-27-10-6-3-7-11-27;1-15-3-5-17-7-9-19-11-13-21-14-12-20-10-8-18-6-4-16-2/h2-17H,18-25H2,1H3,(H,36,37);3-14H2,1-2H3/b17-14+;. The number of benzene rings is 3. The molecule has 3 aromatic carbocycles. The Bertz CT molecular complexity index is 2180. The zero-order valence-electron chi connectivity index (χ0n) is 38.5. The number of fused-ring (bicyclic) bond motifs is 1. The van der Waals surface area contributed by atoms with Gasteiger partial charge in [-0.15, -0.1) is 0 Å². The van der Waals surface area contributed by atoms with Crippen LogP contribution in [-0.4, -0.2) is 152 Å². The fourth-order valence-corrected chi connectivity index (χ4v) is 6.15. The number of nitrogens with zero attached hydrogens (tertiary/aromatic N) is 3. The monoisotopic (exact) mass is 918 g/mol. The molecular weight excluding hydrogens is 853 g/mol. The summed E-state index contributed by atoms with van der Waals surface area (Å²) in [4.78, 5) is 47.2. The van der Waals surface area contributed by atoms with Gasteiger partial charge in [0, 0.05) is 46.1 Å². The van der Waals surface area contributed by atoms with Crippen LogP contribution in [0.15, 0.2) is 101 Å². The van der Waals surface area contributed by atoms with Crippen LogP contribution in [0.4, 0.5) is 0 Å². The Kier molecular flexibility index (Phi) is 26.8. The topological polar surface area (TPSA) is 182 Å². The molecule has 0 unspecified atom stereocenters. The summed E-state index contributed by atoms with van der Waals surface area (Å²) >= 11 is 0. The fourth-order valence-electron chi connectivity index (χ4n) is 6.15. The highest BCUT2D eigenvalue weighted by molar-refractivity contribution is 5.87. The van der Waals surface area contributed by atoms with Crippen LogP contribution in [0.25, 0.3) is 28.6 Å². The van der Waals surface area contributed by atoms with E-state index in [0.29, 0.717) is 130 Å². The van der Waals surface area contributed by atoms with Crippen LogP contribution < -0.4 is 11.2 Å². The normalized spacial score (nSPS) is 11.3. The second kappa shape index (κ2) is 33.2. The molecule has 0 radical (unpaired) electrons. The van der Waals surface area contributed by atoms with Crippen molar-refractivity contribution in [2.45, 2.75) is 25.9 Å². The molecule has 5 aromatic rings. The number of methoxy groups -OCH3 is 3. The van der Waals surface area contributed by atoms with E-state index in [1.54, 1.807) is 32.0 Å². The third-order valence-electron chi connectivity index (χ3n) is 9.65. The molecule has 17 heteroatoms. The van der Waals surface area contributed by atoms with E-state index in [0.717, 1.165) is 22.3 Å². The first-order chi connectivity index (χ1) is 32.4. The molecule has 0 aliphatic rings. The minimum atomic E-state index is -0.469. The number of nitrogens with one attached hydrogen (secondary N) is 1. The summed E-state index contributed by atoms with van der Waals surface area (Å²) in [6.07, 6.45) is 4.17. The smallest absolute Gasteiger partial charge is 0.332 e. The number of hydrogen-bond acceptors (Lipinski definition) is 14. The Morgan fingerprint density at radius 2 is 0.970 bits per heavy atom. The number of ether oxygens (including phenoxy) is 10. The van der Waals surface area contributed by atoms with Gasteiger partial charge in [-0.1, -0.05) is 84.9 Å². The van der Waals surface area contributed by atoms with Gasteiger partial charge in [0.2, 0.25) is 0 Å². The Morgan fingerprint density at radius 1 is 0.545 bits per heavy atom. The van der Waals surface area contributed by atoms with Crippen LogP contribution in [0.3, 0.4) is 0 Å². The van der Waals surface area contributed by atoms with Crippen LogP contribution >= 0.6 is 0 Å². The number of esters is 1. The van der Waals surface area contributed by atoms with Gasteiger partial charge >= 0.3 is 11.7 Å². The summed E-state index contributed by atoms with van der Waals surface area (Å²) in [5.41, 5.74) is 3.46. The van der Waals surface area contributed by atoms with Crippen molar-refractivity contribution in [1.82, 2.24) is 19.1 Å². The van der Waals surface area contributed by atoms with Gasteiger partial charge in [0.1, 0.15) is 17.9 Å². The van der Waals surface area contributed by atoms with Crippen molar-refractivity contribution in [2.24, 2.45) is 0 Å². The zero-order chi connectivity index (χ0) is 46.9. The van der Waals surface area contributed by atoms with Crippen molar-refractivity contribution >= 4 is 23.2 Å². The Balaban J connectivity index is 0.000000383. The van der Waals surface area contributed by atoms with E-state index in [4.69, 9.17) is 52.4 Å². The van der Waals surface area contributed by atoms with Crippen LogP contribution in [0.1, 0.15) is 16.7 Å². The molecule has 0 saturated heterocycles. The van der Waals surface area contributed by atoms with Crippen molar-refractivity contribution in [1.29, 1.82) is 0 Å². The van der Waals surface area contributed by atoms with Crippen LogP contribution in [0.2, 0.25) is 0 Å². The predicted octanol–water partition coefficient (Wildman–Crippen LogP) is 4.62. The molecule has 0 aliphatic heterocycles. The fraction of sp³-hybridized carbons (Fsp3) is 0.469. The van der Waals surface area contributed by atoms with Gasteiger partial charge in [-0.2, -0.15) is 0 Å². The molecule has 0 spiro atoms. The zero-order valence-corrected chi connectivity index (χ0v) is 38.5. The molecular formula is C49H66N4O13. The maximum absolute atomic E-state index is 13.7. The lowest BCUT2D eigenvalue weighted by Crippen LogP contribution is -2.41. The Morgan fingerprint density at radius 3 is 1.42 bits per heavy atom. The van der Waals surface area contributed by atoms with Gasteiger partial charge in [0.15, 0.2) is 5.65 Å². The number of rotatable bonds is 33. The number of imidazole rings is 1. The molecule has 2 aromatic heterocycles. The van der Waals surface area contributed by atoms with Crippen molar-refractivity contribution in [3.05, 3.63) is 129 Å². The van der Waals surface area contributed by atoms with Gasteiger partial charge < -0.3 is 52.4 Å². The number of carbonyl (C=O) groups excluding carboxylic acids is 1. The van der Waals surface area contributed by atoms with Gasteiger partial charge in [-0.25, -0.2) is 14.6 Å². The quantitative estimate of drug-likeness (QED) is 0.0350. The summed E-state index contributed by atoms with van der Waals surface area (Å²) < 4.78 is 54.4. The largest absolute Gasteiger partial charge is 0.460 e. The van der Waals surface area contributed by atoms with E-state index in [-0.39, 0.29) is 24.4 Å². The lowest BCUT2D eigenvalue weighted by atomic mass is 10.1. The van der Waals surface area contributed by atoms with E-state index in [9.17, 15) is 14.4 Å². The molecule has 0 saturated carbocycles. The lowest BCUT2D eigenvalue weighted by molar-refractivity contribution is -0.139. The predicted molar refractivity (Wildman–Crippen MR) is 251 cm³/mol. The summed E-state index contributed by atoms with van der Waals surface area (Å²) in [6.45, 7) is 8.98. The highest BCUT2D eigenvalue weighted by atomic mass is 16.6. The first-order valence-electron chi connectivity index (χ1n) is 22.1. The Labute approximate surface area is 386 Å². The maximum atomic E-state index is 13.7. The summed E-state index contributed by atoms with van der Waals surface area (Å²) in [5.74, 6) is 0.00269. The molecule has 0 atom stereocenters. The minimum Gasteiger partial charge on any atom is -0.460 e. The molecule has 0 bridgehead atoms. The first-order valence-corrected chi connectivity index (χ1v) is 22.1. The number of aryl methyl sites for hydroxylation is 3. The van der Waals surface area contributed by atoms with Crippen molar-refractivity contribution in [3.8, 4) is 11.4 Å². The van der Waals surface area contributed by atoms with Crippen molar-refractivity contribution in [2.75, 3.05) is 127 Å². The number of H-pyrrole nitrogens is 1. The molecule has 360 valence electrons. The molecule has 1 N–H and O–H groups in total. The average molecular weight is 919 g/mol. The van der Waals surface area contributed by atoms with Crippen molar-refractivity contribution in [3.63, 3.8) is 0 Å². The van der Waals surface area contributed by atoms with E-state index >= 15 is 0 Å². The summed E-state index contributed by atoms with van der Waals surface area (Å²) in [6, 6.07) is 27.0. The van der Waals surface area contributed by atoms with Gasteiger partial charge in [0.05, 0.1) is 99.1 Å². The highest BCUT2D eigenvalue weighted by Gasteiger charge is 2.18. The van der Waals surface area contributed by atoms with E-state index in [1.165, 1.54) is 10.6 Å². The molecule has 5 rings (SSSR count). The van der Waals surface area contributed by atoms with E-state index < -0.39 is 11.5 Å². The minimum absolute atomic E-state index is 0.155. The van der Waals surface area contributed by atoms with E-state index in [1.807, 2.05) is 84.9 Å². The van der Waals surface area contributed by atoms with E-state index in [2.05, 4.69) is 4.98 Å². The SMILES string of the molecule is COCCOCCOC(=O)/C=C/c1ccc(-c2nc3c([nH]2)c(=O)n(CCc2ccccc2)c(=O)n3CCc2ccccc2)cc1.COCCOCCOCCOCCOCCOCCOC. The molecule has 0 fully saturated rings. The van der Waals surface area contributed by atoms with Gasteiger partial charge in [-0.05, 0) is 35.6 Å². The lowest BCUT2D eigenvalue weighted by Gasteiger charge is -2.11. The highest BCUT2D eigenvalue weighted by Crippen LogP contribution is 2.20. The van der Waals surface area contributed by atoms with Crippen molar-refractivity contribution < 1.29 is 52.2 Å². The second-order valence-electron chi connectivity index (χ2n) is 14.4. The number of hydrogen-bond donors (Lipinski definition) is 1. The summed E-state index contributed by atoms with van der Waals surface area (Å²) in [5, 5.41) is 0. The number of carbonyl (C=O) groups is 1. The molecule has 0 aliphatic carbocycles. The van der Waals surface area contributed by atoms with Gasteiger partial charge in [-0.3, -0.25) is 13.9 Å². The van der Waals surface area contributed by atoms with Crippen LogP contribution in [0.5, 0.6) is 0 Å². The second-order valence-corrected chi connectivity index (χ2v) is 14.4. The van der Waals surface area contributed by atoms with Crippen LogP contribution in [0, 0.1) is 0 Å². The molecule has 66 heavy (non-hydrogen) atoms.